The van der Waals surface area contributed by atoms with Crippen molar-refractivity contribution in [2.24, 2.45) is 0 Å². The first-order valence-electron chi connectivity index (χ1n) is 7.84. The fourth-order valence-electron chi connectivity index (χ4n) is 2.44. The molecule has 0 unspecified atom stereocenters. The molecule has 25 heavy (non-hydrogen) atoms. The van der Waals surface area contributed by atoms with Crippen molar-refractivity contribution in [1.29, 1.82) is 0 Å². The summed E-state index contributed by atoms with van der Waals surface area (Å²) in [7, 11) is 0. The number of benzene rings is 2. The van der Waals surface area contributed by atoms with E-state index in [1.54, 1.807) is 13.0 Å². The van der Waals surface area contributed by atoms with Crippen LogP contribution in [0.3, 0.4) is 0 Å². The minimum Gasteiger partial charge on any atom is -0.340 e. The van der Waals surface area contributed by atoms with E-state index in [4.69, 9.17) is 0 Å². The van der Waals surface area contributed by atoms with Gasteiger partial charge in [0, 0.05) is 17.4 Å². The van der Waals surface area contributed by atoms with Gasteiger partial charge in [0.2, 0.25) is 5.95 Å². The summed E-state index contributed by atoms with van der Waals surface area (Å²) in [6.45, 7) is 5.83. The van der Waals surface area contributed by atoms with Gasteiger partial charge in [-0.3, -0.25) is 0 Å². The molecular weight excluding hydrogens is 322 g/mol. The van der Waals surface area contributed by atoms with Crippen LogP contribution in [0.1, 0.15) is 16.8 Å². The zero-order valence-electron chi connectivity index (χ0n) is 14.2. The normalized spacial score (nSPS) is 10.6. The number of aromatic nitrogens is 2. The number of aryl methyl sites for hydroxylation is 2. The highest BCUT2D eigenvalue weighted by Crippen LogP contribution is 2.25. The van der Waals surface area contributed by atoms with Crippen molar-refractivity contribution < 1.29 is 8.78 Å². The average molecular weight is 340 g/mol. The average Bonchev–Trinajstić information content (AvgIpc) is 2.55. The van der Waals surface area contributed by atoms with Crippen LogP contribution in [0.25, 0.3) is 0 Å². The lowest BCUT2D eigenvalue weighted by atomic mass is 10.1. The van der Waals surface area contributed by atoms with Gasteiger partial charge in [0.1, 0.15) is 23.1 Å². The summed E-state index contributed by atoms with van der Waals surface area (Å²) in [5, 5.41) is 5.85. The van der Waals surface area contributed by atoms with Gasteiger partial charge in [-0.1, -0.05) is 18.2 Å². The quantitative estimate of drug-likeness (QED) is 0.688. The number of nitrogens with one attached hydrogen (secondary N) is 2. The van der Waals surface area contributed by atoms with Crippen molar-refractivity contribution in [3.63, 3.8) is 0 Å². The number of rotatable bonds is 4. The van der Waals surface area contributed by atoms with Gasteiger partial charge in [0.15, 0.2) is 0 Å². The molecule has 0 amide bonds. The Bertz CT molecular complexity index is 905. The molecule has 2 aromatic carbocycles. The van der Waals surface area contributed by atoms with Crippen LogP contribution in [0.4, 0.5) is 31.9 Å². The highest BCUT2D eigenvalue weighted by atomic mass is 19.1. The molecule has 6 heteroatoms. The molecule has 0 fully saturated rings. The van der Waals surface area contributed by atoms with Gasteiger partial charge in [0.25, 0.3) is 0 Å². The Morgan fingerprint density at radius 2 is 1.52 bits per heavy atom. The Morgan fingerprint density at radius 3 is 2.24 bits per heavy atom. The summed E-state index contributed by atoms with van der Waals surface area (Å²) in [6, 6.07) is 11.4. The van der Waals surface area contributed by atoms with Crippen LogP contribution >= 0.6 is 0 Å². The number of para-hydroxylation sites is 1. The van der Waals surface area contributed by atoms with E-state index in [9.17, 15) is 8.78 Å². The Kier molecular flexibility index (Phi) is 4.61. The molecule has 0 atom stereocenters. The lowest BCUT2D eigenvalue weighted by Gasteiger charge is -2.13. The van der Waals surface area contributed by atoms with Crippen LogP contribution in [0.15, 0.2) is 42.5 Å². The van der Waals surface area contributed by atoms with Gasteiger partial charge < -0.3 is 10.6 Å². The molecule has 0 saturated carbocycles. The molecule has 128 valence electrons. The molecule has 4 nitrogen and oxygen atoms in total. The molecular formula is C19H18F2N4. The first-order valence-corrected chi connectivity index (χ1v) is 7.84. The van der Waals surface area contributed by atoms with Crippen LogP contribution in [0, 0.1) is 32.4 Å². The smallest absolute Gasteiger partial charge is 0.229 e. The molecule has 0 aliphatic heterocycles. The lowest BCUT2D eigenvalue weighted by Crippen LogP contribution is -2.05. The summed E-state index contributed by atoms with van der Waals surface area (Å²) < 4.78 is 27.6. The van der Waals surface area contributed by atoms with Crippen molar-refractivity contribution in [3.8, 4) is 0 Å². The summed E-state index contributed by atoms with van der Waals surface area (Å²) in [5.41, 5.74) is 3.57. The minimum absolute atomic E-state index is 0.122. The monoisotopic (exact) mass is 340 g/mol. The van der Waals surface area contributed by atoms with E-state index in [2.05, 4.69) is 20.6 Å². The van der Waals surface area contributed by atoms with Crippen LogP contribution in [-0.2, 0) is 0 Å². The van der Waals surface area contributed by atoms with Gasteiger partial charge in [-0.15, -0.1) is 0 Å². The summed E-state index contributed by atoms with van der Waals surface area (Å²) >= 11 is 0. The molecule has 0 aliphatic carbocycles. The summed E-state index contributed by atoms with van der Waals surface area (Å²) in [4.78, 5) is 8.51. The SMILES string of the molecule is Cc1cc(Nc2cccc(C)c2C)nc(Nc2c(F)cccc2F)n1. The third kappa shape index (κ3) is 3.74. The number of halogens is 2. The molecule has 0 bridgehead atoms. The third-order valence-corrected chi connectivity index (χ3v) is 3.92. The Hall–Kier alpha value is -3.02. The molecule has 2 N–H and O–H groups in total. The lowest BCUT2D eigenvalue weighted by molar-refractivity contribution is 0.590. The molecule has 1 heterocycles. The largest absolute Gasteiger partial charge is 0.340 e. The van der Waals surface area contributed by atoms with Gasteiger partial charge in [-0.05, 0) is 50.1 Å². The fourth-order valence-corrected chi connectivity index (χ4v) is 2.44. The molecule has 0 spiro atoms. The standard InChI is InChI=1S/C19H18F2N4/c1-11-6-4-9-16(13(11)3)23-17-10-12(2)22-19(24-17)25-18-14(20)7-5-8-15(18)21/h4-10H,1-3H3,(H2,22,23,24,25). The van der Waals surface area contributed by atoms with E-state index in [1.807, 2.05) is 32.0 Å². The van der Waals surface area contributed by atoms with Gasteiger partial charge >= 0.3 is 0 Å². The topological polar surface area (TPSA) is 49.8 Å². The van der Waals surface area contributed by atoms with E-state index in [0.717, 1.165) is 16.8 Å². The van der Waals surface area contributed by atoms with Crippen molar-refractivity contribution >= 4 is 23.1 Å². The summed E-state index contributed by atoms with van der Waals surface area (Å²) in [5.74, 6) is -0.736. The molecule has 0 saturated heterocycles. The first kappa shape index (κ1) is 16.8. The zero-order valence-corrected chi connectivity index (χ0v) is 14.2. The van der Waals surface area contributed by atoms with E-state index in [1.165, 1.54) is 18.2 Å². The van der Waals surface area contributed by atoms with Crippen LogP contribution in [-0.4, -0.2) is 9.97 Å². The second kappa shape index (κ2) is 6.84. The van der Waals surface area contributed by atoms with Crippen molar-refractivity contribution in [3.05, 3.63) is 70.9 Å². The second-order valence-corrected chi connectivity index (χ2v) is 5.81. The minimum atomic E-state index is -0.700. The fraction of sp³-hybridized carbons (Fsp3) is 0.158. The van der Waals surface area contributed by atoms with Gasteiger partial charge in [0.05, 0.1) is 0 Å². The van der Waals surface area contributed by atoms with Crippen LogP contribution in [0.5, 0.6) is 0 Å². The van der Waals surface area contributed by atoms with Crippen LogP contribution < -0.4 is 10.6 Å². The maximum atomic E-state index is 13.8. The highest BCUT2D eigenvalue weighted by Gasteiger charge is 2.11. The predicted octanol–water partition coefficient (Wildman–Crippen LogP) is 5.17. The number of anilines is 4. The Morgan fingerprint density at radius 1 is 0.840 bits per heavy atom. The number of nitrogens with zero attached hydrogens (tertiary/aromatic N) is 2. The molecule has 0 aliphatic rings. The second-order valence-electron chi connectivity index (χ2n) is 5.81. The number of hydrogen-bond acceptors (Lipinski definition) is 4. The molecule has 3 rings (SSSR count). The van der Waals surface area contributed by atoms with Gasteiger partial charge in [-0.2, -0.15) is 4.98 Å². The van der Waals surface area contributed by atoms with E-state index in [0.29, 0.717) is 11.5 Å². The molecule has 0 radical (unpaired) electrons. The predicted molar refractivity (Wildman–Crippen MR) is 95.6 cm³/mol. The molecule has 3 aromatic rings. The van der Waals surface area contributed by atoms with Crippen molar-refractivity contribution in [2.75, 3.05) is 10.6 Å². The zero-order chi connectivity index (χ0) is 18.0. The maximum Gasteiger partial charge on any atom is 0.229 e. The Balaban J connectivity index is 1.92. The van der Waals surface area contributed by atoms with Gasteiger partial charge in [-0.25, -0.2) is 13.8 Å². The van der Waals surface area contributed by atoms with Crippen molar-refractivity contribution in [1.82, 2.24) is 9.97 Å². The van der Waals surface area contributed by atoms with E-state index in [-0.39, 0.29) is 11.6 Å². The maximum absolute atomic E-state index is 13.8. The third-order valence-electron chi connectivity index (χ3n) is 3.92. The van der Waals surface area contributed by atoms with Crippen LogP contribution in [0.2, 0.25) is 0 Å². The van der Waals surface area contributed by atoms with Crippen molar-refractivity contribution in [2.45, 2.75) is 20.8 Å². The van der Waals surface area contributed by atoms with E-state index >= 15 is 0 Å². The highest BCUT2D eigenvalue weighted by molar-refractivity contribution is 5.64. The summed E-state index contributed by atoms with van der Waals surface area (Å²) in [6.07, 6.45) is 0. The number of hydrogen-bond donors (Lipinski definition) is 2. The van der Waals surface area contributed by atoms with E-state index < -0.39 is 11.6 Å². The molecule has 1 aromatic heterocycles. The first-order chi connectivity index (χ1) is 11.9. The Labute approximate surface area is 145 Å².